The molecular weight excluding hydrogens is 216 g/mol. The first-order valence-corrected chi connectivity index (χ1v) is 6.91. The second-order valence-electron chi connectivity index (χ2n) is 5.17. The summed E-state index contributed by atoms with van der Waals surface area (Å²) in [5, 5.41) is 0. The highest BCUT2D eigenvalue weighted by atomic mass is 16.5. The molecule has 98 valence electrons. The van der Waals surface area contributed by atoms with Gasteiger partial charge in [-0.05, 0) is 45.1 Å². The van der Waals surface area contributed by atoms with Crippen LogP contribution in [0.1, 0.15) is 38.5 Å². The average Bonchev–Trinajstić information content (AvgIpc) is 2.84. The number of hydrogen-bond donors (Lipinski definition) is 1. The van der Waals surface area contributed by atoms with E-state index in [1.54, 1.807) is 0 Å². The summed E-state index contributed by atoms with van der Waals surface area (Å²) < 4.78 is 5.41. The second kappa shape index (κ2) is 6.36. The molecule has 2 unspecified atom stereocenters. The smallest absolute Gasteiger partial charge is 0.228 e. The summed E-state index contributed by atoms with van der Waals surface area (Å²) in [6.07, 6.45) is 6.41. The minimum atomic E-state index is 0.113. The van der Waals surface area contributed by atoms with Crippen LogP contribution in [-0.4, -0.2) is 43.2 Å². The van der Waals surface area contributed by atoms with Gasteiger partial charge in [0.25, 0.3) is 0 Å². The lowest BCUT2D eigenvalue weighted by atomic mass is 9.99. The van der Waals surface area contributed by atoms with Gasteiger partial charge >= 0.3 is 0 Å². The third-order valence-corrected chi connectivity index (χ3v) is 3.91. The van der Waals surface area contributed by atoms with Gasteiger partial charge in [-0.1, -0.05) is 0 Å². The van der Waals surface area contributed by atoms with E-state index in [-0.39, 0.29) is 5.92 Å². The van der Waals surface area contributed by atoms with Crippen molar-refractivity contribution in [2.24, 2.45) is 11.7 Å². The number of ether oxygens (including phenoxy) is 1. The van der Waals surface area contributed by atoms with Crippen LogP contribution in [0.5, 0.6) is 0 Å². The van der Waals surface area contributed by atoms with Gasteiger partial charge < -0.3 is 15.4 Å². The first-order valence-electron chi connectivity index (χ1n) is 6.91. The summed E-state index contributed by atoms with van der Waals surface area (Å²) >= 11 is 0. The van der Waals surface area contributed by atoms with Crippen molar-refractivity contribution in [3.05, 3.63) is 0 Å². The van der Waals surface area contributed by atoms with Gasteiger partial charge in [-0.2, -0.15) is 0 Å². The zero-order valence-electron chi connectivity index (χ0n) is 10.6. The monoisotopic (exact) mass is 240 g/mol. The van der Waals surface area contributed by atoms with Crippen molar-refractivity contribution in [3.8, 4) is 0 Å². The predicted molar refractivity (Wildman–Crippen MR) is 66.6 cm³/mol. The largest absolute Gasteiger partial charge is 0.381 e. The van der Waals surface area contributed by atoms with Crippen LogP contribution in [-0.2, 0) is 9.53 Å². The van der Waals surface area contributed by atoms with Gasteiger partial charge in [0, 0.05) is 19.2 Å². The molecule has 4 heteroatoms. The SMILES string of the molecule is NCCCC1CCCN1C(=O)C1CCCOC1. The lowest BCUT2D eigenvalue weighted by Gasteiger charge is -2.30. The maximum atomic E-state index is 12.4. The van der Waals surface area contributed by atoms with E-state index in [1.165, 1.54) is 0 Å². The number of carbonyl (C=O) groups excluding carboxylic acids is 1. The zero-order valence-corrected chi connectivity index (χ0v) is 10.6. The molecule has 2 N–H and O–H groups in total. The van der Waals surface area contributed by atoms with Crippen LogP contribution in [0.4, 0.5) is 0 Å². The summed E-state index contributed by atoms with van der Waals surface area (Å²) in [7, 11) is 0. The molecule has 2 aliphatic heterocycles. The molecular formula is C13H24N2O2. The number of nitrogens with two attached hydrogens (primary N) is 1. The van der Waals surface area contributed by atoms with Crippen molar-refractivity contribution < 1.29 is 9.53 Å². The van der Waals surface area contributed by atoms with Crippen LogP contribution in [0.25, 0.3) is 0 Å². The highest BCUT2D eigenvalue weighted by Crippen LogP contribution is 2.25. The van der Waals surface area contributed by atoms with Crippen LogP contribution in [0, 0.1) is 5.92 Å². The van der Waals surface area contributed by atoms with Gasteiger partial charge in [0.15, 0.2) is 0 Å². The normalized spacial score (nSPS) is 29.6. The van der Waals surface area contributed by atoms with Gasteiger partial charge in [0.2, 0.25) is 5.91 Å². The van der Waals surface area contributed by atoms with Gasteiger partial charge in [-0.25, -0.2) is 0 Å². The Balaban J connectivity index is 1.88. The Bertz CT molecular complexity index is 252. The summed E-state index contributed by atoms with van der Waals surface area (Å²) in [6.45, 7) is 3.11. The Hall–Kier alpha value is -0.610. The maximum absolute atomic E-state index is 12.4. The Morgan fingerprint density at radius 2 is 2.24 bits per heavy atom. The maximum Gasteiger partial charge on any atom is 0.228 e. The summed E-state index contributed by atoms with van der Waals surface area (Å²) in [5.41, 5.74) is 5.55. The van der Waals surface area contributed by atoms with Crippen molar-refractivity contribution >= 4 is 5.91 Å². The molecule has 1 amide bonds. The van der Waals surface area contributed by atoms with Gasteiger partial charge in [-0.15, -0.1) is 0 Å². The fraction of sp³-hybridized carbons (Fsp3) is 0.923. The van der Waals surface area contributed by atoms with E-state index in [1.807, 2.05) is 0 Å². The van der Waals surface area contributed by atoms with Gasteiger partial charge in [-0.3, -0.25) is 4.79 Å². The van der Waals surface area contributed by atoms with E-state index < -0.39 is 0 Å². The molecule has 2 heterocycles. The van der Waals surface area contributed by atoms with Crippen LogP contribution in [0.2, 0.25) is 0 Å². The molecule has 2 atom stereocenters. The molecule has 2 saturated heterocycles. The van der Waals surface area contributed by atoms with Crippen molar-refractivity contribution in [1.29, 1.82) is 0 Å². The van der Waals surface area contributed by atoms with E-state index in [0.717, 1.165) is 58.2 Å². The van der Waals surface area contributed by atoms with Crippen molar-refractivity contribution in [3.63, 3.8) is 0 Å². The molecule has 17 heavy (non-hydrogen) atoms. The minimum absolute atomic E-state index is 0.113. The Labute approximate surface area is 103 Å². The fourth-order valence-electron chi connectivity index (χ4n) is 2.95. The van der Waals surface area contributed by atoms with E-state index in [2.05, 4.69) is 4.90 Å². The summed E-state index contributed by atoms with van der Waals surface area (Å²) in [5.74, 6) is 0.437. The minimum Gasteiger partial charge on any atom is -0.381 e. The molecule has 0 radical (unpaired) electrons. The molecule has 0 saturated carbocycles. The molecule has 2 fully saturated rings. The zero-order chi connectivity index (χ0) is 12.1. The fourth-order valence-corrected chi connectivity index (χ4v) is 2.95. The molecule has 0 aromatic heterocycles. The van der Waals surface area contributed by atoms with Crippen LogP contribution in [0.15, 0.2) is 0 Å². The first-order chi connectivity index (χ1) is 8.33. The lowest BCUT2D eigenvalue weighted by molar-refractivity contribution is -0.140. The number of likely N-dealkylation sites (tertiary alicyclic amines) is 1. The van der Waals surface area contributed by atoms with Crippen LogP contribution >= 0.6 is 0 Å². The van der Waals surface area contributed by atoms with Crippen molar-refractivity contribution in [1.82, 2.24) is 4.90 Å². The average molecular weight is 240 g/mol. The molecule has 0 aliphatic carbocycles. The number of rotatable bonds is 4. The molecule has 2 aliphatic rings. The highest BCUT2D eigenvalue weighted by molar-refractivity contribution is 5.79. The lowest BCUT2D eigenvalue weighted by Crippen LogP contribution is -2.42. The van der Waals surface area contributed by atoms with E-state index in [4.69, 9.17) is 10.5 Å². The standard InChI is InChI=1S/C13H24N2O2/c14-7-1-5-12-6-2-8-15(12)13(16)11-4-3-9-17-10-11/h11-12H,1-10,14H2. The molecule has 0 spiro atoms. The summed E-state index contributed by atoms with van der Waals surface area (Å²) in [6, 6.07) is 0.438. The van der Waals surface area contributed by atoms with E-state index >= 15 is 0 Å². The van der Waals surface area contributed by atoms with Crippen LogP contribution in [0.3, 0.4) is 0 Å². The van der Waals surface area contributed by atoms with Crippen molar-refractivity contribution in [2.75, 3.05) is 26.3 Å². The molecule has 0 aromatic rings. The Morgan fingerprint density at radius 3 is 2.94 bits per heavy atom. The number of amides is 1. The molecule has 0 aromatic carbocycles. The number of carbonyl (C=O) groups is 1. The second-order valence-corrected chi connectivity index (χ2v) is 5.17. The van der Waals surface area contributed by atoms with Gasteiger partial charge in [0.1, 0.15) is 0 Å². The van der Waals surface area contributed by atoms with Gasteiger partial charge in [0.05, 0.1) is 12.5 Å². The Kier molecular flexibility index (Phi) is 4.80. The number of hydrogen-bond acceptors (Lipinski definition) is 3. The van der Waals surface area contributed by atoms with E-state index in [9.17, 15) is 4.79 Å². The first kappa shape index (κ1) is 12.8. The predicted octanol–water partition coefficient (Wildman–Crippen LogP) is 1.14. The topological polar surface area (TPSA) is 55.6 Å². The third kappa shape index (κ3) is 3.19. The number of nitrogens with zero attached hydrogens (tertiary/aromatic N) is 1. The molecule has 2 rings (SSSR count). The summed E-state index contributed by atoms with van der Waals surface area (Å²) in [4.78, 5) is 14.5. The van der Waals surface area contributed by atoms with E-state index in [0.29, 0.717) is 18.6 Å². The highest BCUT2D eigenvalue weighted by Gasteiger charge is 2.33. The third-order valence-electron chi connectivity index (χ3n) is 3.91. The molecule has 0 bridgehead atoms. The molecule has 4 nitrogen and oxygen atoms in total. The Morgan fingerprint density at radius 1 is 1.35 bits per heavy atom. The quantitative estimate of drug-likeness (QED) is 0.802. The van der Waals surface area contributed by atoms with Crippen molar-refractivity contribution in [2.45, 2.75) is 44.6 Å². The van der Waals surface area contributed by atoms with Crippen LogP contribution < -0.4 is 5.73 Å².